The van der Waals surface area contributed by atoms with Crippen molar-refractivity contribution in [1.29, 1.82) is 0 Å². The van der Waals surface area contributed by atoms with Crippen molar-refractivity contribution >= 4 is 11.8 Å². The van der Waals surface area contributed by atoms with Crippen LogP contribution in [0.4, 0.5) is 0 Å². The number of rotatable bonds is 4. The average Bonchev–Trinajstić information content (AvgIpc) is 3.09. The molecule has 0 aromatic heterocycles. The highest BCUT2D eigenvalue weighted by atomic mass is 16.3. The molecule has 160 valence electrons. The number of fused-ring (bicyclic) bond motifs is 2. The van der Waals surface area contributed by atoms with Gasteiger partial charge in [0.2, 0.25) is 0 Å². The van der Waals surface area contributed by atoms with Crippen LogP contribution in [0, 0.1) is 11.8 Å². The van der Waals surface area contributed by atoms with Gasteiger partial charge in [0.1, 0.15) is 0 Å². The van der Waals surface area contributed by atoms with Gasteiger partial charge in [-0.15, -0.1) is 0 Å². The van der Waals surface area contributed by atoms with E-state index >= 15 is 0 Å². The second-order valence-corrected chi connectivity index (χ2v) is 8.62. The lowest BCUT2D eigenvalue weighted by Gasteiger charge is -2.22. The molecule has 6 nitrogen and oxygen atoms in total. The van der Waals surface area contributed by atoms with Crippen LogP contribution in [-0.4, -0.2) is 44.9 Å². The molecule has 0 radical (unpaired) electrons. The zero-order valence-electron chi connectivity index (χ0n) is 17.9. The van der Waals surface area contributed by atoms with Gasteiger partial charge in [-0.1, -0.05) is 64.1 Å². The summed E-state index contributed by atoms with van der Waals surface area (Å²) in [5.41, 5.74) is 2.71. The Kier molecular flexibility index (Phi) is 6.58. The Labute approximate surface area is 177 Å². The Balaban J connectivity index is 0.000000171. The summed E-state index contributed by atoms with van der Waals surface area (Å²) in [7, 11) is 0. The van der Waals surface area contributed by atoms with Crippen LogP contribution in [0.15, 0.2) is 48.5 Å². The van der Waals surface area contributed by atoms with E-state index in [4.69, 9.17) is 0 Å². The Morgan fingerprint density at radius 2 is 1.03 bits per heavy atom. The molecular formula is C24H30N2O4. The highest BCUT2D eigenvalue weighted by Gasteiger charge is 2.35. The van der Waals surface area contributed by atoms with Crippen LogP contribution < -0.4 is 0 Å². The first-order valence-electron chi connectivity index (χ1n) is 10.4. The van der Waals surface area contributed by atoms with Crippen molar-refractivity contribution in [3.05, 3.63) is 70.8 Å². The Bertz CT molecular complexity index is 849. The Hall–Kier alpha value is -2.70. The average molecular weight is 411 g/mol. The van der Waals surface area contributed by atoms with Crippen LogP contribution in [0.1, 0.15) is 72.0 Å². The molecule has 0 spiro atoms. The third-order valence-corrected chi connectivity index (χ3v) is 5.17. The maximum atomic E-state index is 11.9. The van der Waals surface area contributed by atoms with Crippen LogP contribution in [0.3, 0.4) is 0 Å². The molecule has 0 bridgehead atoms. The Morgan fingerprint density at radius 1 is 0.700 bits per heavy atom. The quantitative estimate of drug-likeness (QED) is 0.807. The summed E-state index contributed by atoms with van der Waals surface area (Å²) in [6.45, 7) is 9.31. The van der Waals surface area contributed by atoms with E-state index in [-0.39, 0.29) is 11.8 Å². The molecule has 2 atom stereocenters. The van der Waals surface area contributed by atoms with Crippen LogP contribution in [-0.2, 0) is 0 Å². The minimum absolute atomic E-state index is 0.0631. The lowest BCUT2D eigenvalue weighted by Crippen LogP contribution is -2.31. The first-order valence-corrected chi connectivity index (χ1v) is 10.4. The first-order chi connectivity index (χ1) is 14.2. The molecule has 2 heterocycles. The second kappa shape index (κ2) is 8.98. The molecule has 0 saturated heterocycles. The molecule has 2 N–H and O–H groups in total. The number of benzene rings is 2. The topological polar surface area (TPSA) is 81.1 Å². The van der Waals surface area contributed by atoms with Crippen molar-refractivity contribution in [3.63, 3.8) is 0 Å². The summed E-state index contributed by atoms with van der Waals surface area (Å²) in [4.78, 5) is 26.9. The molecule has 2 amide bonds. The van der Waals surface area contributed by atoms with Crippen molar-refractivity contribution < 1.29 is 19.8 Å². The maximum absolute atomic E-state index is 11.9. The molecule has 2 aliphatic rings. The largest absolute Gasteiger partial charge is 0.369 e. The highest BCUT2D eigenvalue weighted by molar-refractivity contribution is 5.99. The predicted molar refractivity (Wildman–Crippen MR) is 115 cm³/mol. The minimum atomic E-state index is -0.768. The molecule has 0 fully saturated rings. The molecule has 2 unspecified atom stereocenters. The fourth-order valence-corrected chi connectivity index (χ4v) is 3.85. The van der Waals surface area contributed by atoms with E-state index in [1.807, 2.05) is 52.0 Å². The first kappa shape index (κ1) is 22.0. The van der Waals surface area contributed by atoms with Crippen LogP contribution >= 0.6 is 0 Å². The summed E-state index contributed by atoms with van der Waals surface area (Å²) >= 11 is 0. The van der Waals surface area contributed by atoms with Gasteiger partial charge in [-0.2, -0.15) is 0 Å². The van der Waals surface area contributed by atoms with E-state index in [2.05, 4.69) is 0 Å². The Morgan fingerprint density at radius 3 is 1.33 bits per heavy atom. The van der Waals surface area contributed by atoms with Gasteiger partial charge < -0.3 is 20.0 Å². The van der Waals surface area contributed by atoms with Crippen LogP contribution in [0.5, 0.6) is 0 Å². The van der Waals surface area contributed by atoms with E-state index in [0.717, 1.165) is 11.1 Å². The van der Waals surface area contributed by atoms with E-state index in [1.165, 1.54) is 9.80 Å². The number of aliphatic hydroxyl groups is 2. The summed E-state index contributed by atoms with van der Waals surface area (Å²) in [5, 5.41) is 19.9. The van der Waals surface area contributed by atoms with Crippen LogP contribution in [0.2, 0.25) is 0 Å². The zero-order chi connectivity index (χ0) is 22.0. The number of aliphatic hydroxyl groups excluding tert-OH is 2. The van der Waals surface area contributed by atoms with E-state index in [9.17, 15) is 19.8 Å². The van der Waals surface area contributed by atoms with Crippen LogP contribution in [0.25, 0.3) is 0 Å². The third-order valence-electron chi connectivity index (χ3n) is 5.17. The monoisotopic (exact) mass is 410 g/mol. The normalized spacial score (nSPS) is 19.9. The van der Waals surface area contributed by atoms with E-state index in [0.29, 0.717) is 36.1 Å². The van der Waals surface area contributed by atoms with Gasteiger partial charge in [-0.05, 0) is 24.0 Å². The number of carbonyl (C=O) groups is 2. The highest BCUT2D eigenvalue weighted by Crippen LogP contribution is 2.32. The molecule has 6 heteroatoms. The third kappa shape index (κ3) is 4.25. The van der Waals surface area contributed by atoms with Gasteiger partial charge >= 0.3 is 0 Å². The number of amides is 2. The van der Waals surface area contributed by atoms with Gasteiger partial charge in [0.25, 0.3) is 11.8 Å². The van der Waals surface area contributed by atoms with Crippen molar-refractivity contribution in [2.45, 2.75) is 40.2 Å². The maximum Gasteiger partial charge on any atom is 0.256 e. The molecule has 0 saturated carbocycles. The summed E-state index contributed by atoms with van der Waals surface area (Å²) in [5.74, 6) is 0.592. The van der Waals surface area contributed by atoms with Gasteiger partial charge in [0.15, 0.2) is 12.5 Å². The van der Waals surface area contributed by atoms with Gasteiger partial charge in [0, 0.05) is 35.3 Å². The standard InChI is InChI=1S/2C12H15NO2/c2*1-8(2)7-13-11(14)9-5-3-4-6-10(9)12(13)15/h2*3-6,8,11,14H,7H2,1-2H3. The van der Waals surface area contributed by atoms with E-state index < -0.39 is 12.5 Å². The minimum Gasteiger partial charge on any atom is -0.369 e. The fraction of sp³-hybridized carbons (Fsp3) is 0.417. The van der Waals surface area contributed by atoms with Crippen molar-refractivity contribution in [1.82, 2.24) is 9.80 Å². The summed E-state index contributed by atoms with van der Waals surface area (Å²) in [6.07, 6.45) is -1.54. The molecule has 4 rings (SSSR count). The number of nitrogens with zero attached hydrogens (tertiary/aromatic N) is 2. The molecule has 30 heavy (non-hydrogen) atoms. The predicted octanol–water partition coefficient (Wildman–Crippen LogP) is 3.58. The molecule has 2 aromatic rings. The van der Waals surface area contributed by atoms with Gasteiger partial charge in [0.05, 0.1) is 0 Å². The van der Waals surface area contributed by atoms with Gasteiger partial charge in [-0.25, -0.2) is 0 Å². The number of hydrogen-bond acceptors (Lipinski definition) is 4. The molecular weight excluding hydrogens is 380 g/mol. The number of carbonyl (C=O) groups excluding carboxylic acids is 2. The fourth-order valence-electron chi connectivity index (χ4n) is 3.85. The van der Waals surface area contributed by atoms with Crippen molar-refractivity contribution in [2.24, 2.45) is 11.8 Å². The lowest BCUT2D eigenvalue weighted by molar-refractivity contribution is 0.0120. The van der Waals surface area contributed by atoms with Gasteiger partial charge in [-0.3, -0.25) is 9.59 Å². The summed E-state index contributed by atoms with van der Waals surface area (Å²) < 4.78 is 0. The SMILES string of the molecule is CC(C)CN1C(=O)c2ccccc2C1O.CC(C)CN1C(=O)c2ccccc2C1O. The van der Waals surface area contributed by atoms with E-state index in [1.54, 1.807) is 24.3 Å². The van der Waals surface area contributed by atoms with Crippen molar-refractivity contribution in [3.8, 4) is 0 Å². The summed E-state index contributed by atoms with van der Waals surface area (Å²) in [6, 6.07) is 14.5. The smallest absolute Gasteiger partial charge is 0.256 e. The number of hydrogen-bond donors (Lipinski definition) is 2. The molecule has 2 aliphatic heterocycles. The lowest BCUT2D eigenvalue weighted by atomic mass is 10.1. The molecule has 0 aliphatic carbocycles. The van der Waals surface area contributed by atoms with Crippen molar-refractivity contribution in [2.75, 3.05) is 13.1 Å². The molecule has 2 aromatic carbocycles. The second-order valence-electron chi connectivity index (χ2n) is 8.62. The zero-order valence-corrected chi connectivity index (χ0v) is 17.9.